The number of carbonyl (C=O) groups excluding carboxylic acids is 1. The third kappa shape index (κ3) is 3.95. The molecule has 0 atom stereocenters. The topological polar surface area (TPSA) is 88.3 Å². The SMILES string of the molecule is Cc1cc(CNC(=O)NCc2cc(Br)c3c(c2)OCCO3)n[nH]1. The third-order valence-electron chi connectivity index (χ3n) is 3.30. The molecule has 2 heterocycles. The summed E-state index contributed by atoms with van der Waals surface area (Å²) in [5.74, 6) is 1.40. The fourth-order valence-electron chi connectivity index (χ4n) is 2.25. The summed E-state index contributed by atoms with van der Waals surface area (Å²) in [7, 11) is 0. The number of H-pyrrole nitrogens is 1. The van der Waals surface area contributed by atoms with Crippen LogP contribution in [0, 0.1) is 6.92 Å². The van der Waals surface area contributed by atoms with Gasteiger partial charge in [-0.25, -0.2) is 4.79 Å². The molecule has 0 saturated carbocycles. The molecule has 2 aromatic rings. The minimum atomic E-state index is -0.253. The van der Waals surface area contributed by atoms with Crippen molar-refractivity contribution in [3.8, 4) is 11.5 Å². The molecule has 1 aliphatic heterocycles. The number of urea groups is 1. The van der Waals surface area contributed by atoms with Gasteiger partial charge in [-0.05, 0) is 46.6 Å². The van der Waals surface area contributed by atoms with Crippen molar-refractivity contribution in [2.45, 2.75) is 20.0 Å². The van der Waals surface area contributed by atoms with Gasteiger partial charge in [-0.15, -0.1) is 0 Å². The van der Waals surface area contributed by atoms with Crippen molar-refractivity contribution >= 4 is 22.0 Å². The first-order valence-corrected chi connectivity index (χ1v) is 8.02. The maximum absolute atomic E-state index is 11.8. The molecule has 8 heteroatoms. The van der Waals surface area contributed by atoms with E-state index in [4.69, 9.17) is 9.47 Å². The van der Waals surface area contributed by atoms with Crippen LogP contribution in [0.2, 0.25) is 0 Å². The number of nitrogens with zero attached hydrogens (tertiary/aromatic N) is 1. The predicted molar refractivity (Wildman–Crippen MR) is 87.5 cm³/mol. The summed E-state index contributed by atoms with van der Waals surface area (Å²) in [6.07, 6.45) is 0. The zero-order valence-electron chi connectivity index (χ0n) is 12.6. The van der Waals surface area contributed by atoms with E-state index in [2.05, 4.69) is 36.8 Å². The van der Waals surface area contributed by atoms with Crippen LogP contribution in [0.4, 0.5) is 4.79 Å². The smallest absolute Gasteiger partial charge is 0.315 e. The molecule has 1 aliphatic rings. The summed E-state index contributed by atoms with van der Waals surface area (Å²) < 4.78 is 11.9. The maximum atomic E-state index is 11.8. The molecule has 3 N–H and O–H groups in total. The molecular weight excluding hydrogens is 364 g/mol. The number of aromatic amines is 1. The van der Waals surface area contributed by atoms with Crippen LogP contribution in [-0.4, -0.2) is 29.4 Å². The number of hydrogen-bond acceptors (Lipinski definition) is 4. The van der Waals surface area contributed by atoms with Gasteiger partial charge < -0.3 is 20.1 Å². The van der Waals surface area contributed by atoms with Crippen LogP contribution in [0.1, 0.15) is 17.0 Å². The molecule has 0 fully saturated rings. The maximum Gasteiger partial charge on any atom is 0.315 e. The van der Waals surface area contributed by atoms with Gasteiger partial charge in [0.1, 0.15) is 13.2 Å². The fourth-order valence-corrected chi connectivity index (χ4v) is 2.85. The summed E-state index contributed by atoms with van der Waals surface area (Å²) >= 11 is 3.46. The number of aryl methyl sites for hydroxylation is 1. The van der Waals surface area contributed by atoms with Crippen LogP contribution < -0.4 is 20.1 Å². The van der Waals surface area contributed by atoms with E-state index < -0.39 is 0 Å². The molecular formula is C15H17BrN4O3. The molecule has 122 valence electrons. The van der Waals surface area contributed by atoms with E-state index >= 15 is 0 Å². The average molecular weight is 381 g/mol. The number of rotatable bonds is 4. The second kappa shape index (κ2) is 6.91. The lowest BCUT2D eigenvalue weighted by Gasteiger charge is -2.20. The number of nitrogens with one attached hydrogen (secondary N) is 3. The normalized spacial score (nSPS) is 12.8. The van der Waals surface area contributed by atoms with E-state index in [1.165, 1.54) is 0 Å². The van der Waals surface area contributed by atoms with Gasteiger partial charge in [0, 0.05) is 12.2 Å². The van der Waals surface area contributed by atoms with E-state index in [9.17, 15) is 4.79 Å². The zero-order valence-corrected chi connectivity index (χ0v) is 14.2. The number of fused-ring (bicyclic) bond motifs is 1. The Balaban J connectivity index is 1.53. The van der Waals surface area contributed by atoms with E-state index in [-0.39, 0.29) is 6.03 Å². The lowest BCUT2D eigenvalue weighted by molar-refractivity contribution is 0.170. The molecule has 1 aromatic heterocycles. The molecule has 0 aliphatic carbocycles. The molecule has 1 aromatic carbocycles. The van der Waals surface area contributed by atoms with Crippen molar-refractivity contribution in [1.82, 2.24) is 20.8 Å². The molecule has 0 spiro atoms. The van der Waals surface area contributed by atoms with Crippen molar-refractivity contribution in [2.24, 2.45) is 0 Å². The van der Waals surface area contributed by atoms with Gasteiger partial charge in [-0.3, -0.25) is 5.10 Å². The second-order valence-corrected chi connectivity index (χ2v) is 6.03. The van der Waals surface area contributed by atoms with Crippen LogP contribution >= 0.6 is 15.9 Å². The number of ether oxygens (including phenoxy) is 2. The minimum absolute atomic E-state index is 0.253. The first kappa shape index (κ1) is 15.7. The monoisotopic (exact) mass is 380 g/mol. The van der Waals surface area contributed by atoms with Crippen LogP contribution in [0.5, 0.6) is 11.5 Å². The lowest BCUT2D eigenvalue weighted by atomic mass is 10.2. The van der Waals surface area contributed by atoms with E-state index in [0.29, 0.717) is 37.8 Å². The Labute approximate surface area is 141 Å². The van der Waals surface area contributed by atoms with Crippen molar-refractivity contribution in [2.75, 3.05) is 13.2 Å². The Hall–Kier alpha value is -2.22. The van der Waals surface area contributed by atoms with Gasteiger partial charge in [0.25, 0.3) is 0 Å². The van der Waals surface area contributed by atoms with Gasteiger partial charge in [0.15, 0.2) is 11.5 Å². The van der Waals surface area contributed by atoms with Crippen LogP contribution in [0.25, 0.3) is 0 Å². The molecule has 0 unspecified atom stereocenters. The van der Waals surface area contributed by atoms with Crippen LogP contribution in [0.15, 0.2) is 22.7 Å². The number of hydrogen-bond donors (Lipinski definition) is 3. The Morgan fingerprint density at radius 2 is 2.04 bits per heavy atom. The Bertz CT molecular complexity index is 717. The summed E-state index contributed by atoms with van der Waals surface area (Å²) in [6.45, 7) is 3.75. The van der Waals surface area contributed by atoms with Crippen molar-refractivity contribution < 1.29 is 14.3 Å². The average Bonchev–Trinajstić information content (AvgIpc) is 2.96. The summed E-state index contributed by atoms with van der Waals surface area (Å²) in [5.41, 5.74) is 2.68. The first-order valence-electron chi connectivity index (χ1n) is 7.22. The molecule has 7 nitrogen and oxygen atoms in total. The molecule has 0 bridgehead atoms. The number of aromatic nitrogens is 2. The van der Waals surface area contributed by atoms with Gasteiger partial charge in [-0.1, -0.05) is 0 Å². The van der Waals surface area contributed by atoms with E-state index in [1.54, 1.807) is 0 Å². The van der Waals surface area contributed by atoms with E-state index in [0.717, 1.165) is 21.4 Å². The molecule has 3 rings (SSSR count). The van der Waals surface area contributed by atoms with Crippen LogP contribution in [0.3, 0.4) is 0 Å². The Kier molecular flexibility index (Phi) is 4.71. The standard InChI is InChI=1S/C15H17BrN4O3/c1-9-4-11(20-19-9)8-18-15(21)17-7-10-5-12(16)14-13(6-10)22-2-3-23-14/h4-6H,2-3,7-8H2,1H3,(H,19,20)(H2,17,18,21). The highest BCUT2D eigenvalue weighted by molar-refractivity contribution is 9.10. The van der Waals surface area contributed by atoms with Gasteiger partial charge in [0.05, 0.1) is 16.7 Å². The number of benzene rings is 1. The minimum Gasteiger partial charge on any atom is -0.486 e. The highest BCUT2D eigenvalue weighted by Crippen LogP contribution is 2.38. The number of amides is 2. The van der Waals surface area contributed by atoms with Crippen molar-refractivity contribution in [3.63, 3.8) is 0 Å². The second-order valence-electron chi connectivity index (χ2n) is 5.18. The Morgan fingerprint density at radius 1 is 1.26 bits per heavy atom. The largest absolute Gasteiger partial charge is 0.486 e. The molecule has 23 heavy (non-hydrogen) atoms. The molecule has 2 amide bonds. The zero-order chi connectivity index (χ0) is 16.2. The van der Waals surface area contributed by atoms with E-state index in [1.807, 2.05) is 25.1 Å². The van der Waals surface area contributed by atoms with Crippen LogP contribution in [-0.2, 0) is 13.1 Å². The van der Waals surface area contributed by atoms with Crippen molar-refractivity contribution in [1.29, 1.82) is 0 Å². The first-order chi connectivity index (χ1) is 11.1. The highest BCUT2D eigenvalue weighted by Gasteiger charge is 2.16. The quantitative estimate of drug-likeness (QED) is 0.758. The van der Waals surface area contributed by atoms with Crippen molar-refractivity contribution in [3.05, 3.63) is 39.6 Å². The highest BCUT2D eigenvalue weighted by atomic mass is 79.9. The Morgan fingerprint density at radius 3 is 2.83 bits per heavy atom. The number of halogens is 1. The third-order valence-corrected chi connectivity index (χ3v) is 3.89. The summed E-state index contributed by atoms with van der Waals surface area (Å²) in [5, 5.41) is 12.5. The number of carbonyl (C=O) groups is 1. The predicted octanol–water partition coefficient (Wildman–Crippen LogP) is 2.25. The summed E-state index contributed by atoms with van der Waals surface area (Å²) in [6, 6.07) is 5.41. The van der Waals surface area contributed by atoms with Gasteiger partial charge in [-0.2, -0.15) is 5.10 Å². The molecule has 0 saturated heterocycles. The summed E-state index contributed by atoms with van der Waals surface area (Å²) in [4.78, 5) is 11.8. The fraction of sp³-hybridized carbons (Fsp3) is 0.333. The van der Waals surface area contributed by atoms with Gasteiger partial charge >= 0.3 is 6.03 Å². The lowest BCUT2D eigenvalue weighted by Crippen LogP contribution is -2.34. The molecule has 0 radical (unpaired) electrons. The van der Waals surface area contributed by atoms with Gasteiger partial charge in [0.2, 0.25) is 0 Å².